The highest BCUT2D eigenvalue weighted by atomic mass is 35.5. The van der Waals surface area contributed by atoms with Gasteiger partial charge in [0.2, 0.25) is 0 Å². The van der Waals surface area contributed by atoms with Crippen molar-refractivity contribution < 1.29 is 17.9 Å². The molecule has 2 aromatic rings. The van der Waals surface area contributed by atoms with Crippen molar-refractivity contribution in [1.29, 1.82) is 0 Å². The quantitative estimate of drug-likeness (QED) is 0.713. The Hall–Kier alpha value is -1.60. The topological polar surface area (TPSA) is 86.5 Å². The number of nitrogens with two attached hydrogens (primary N) is 1. The van der Waals surface area contributed by atoms with Crippen molar-refractivity contribution in [2.45, 2.75) is 23.0 Å². The number of hydrogen-bond acceptors (Lipinski definition) is 5. The Morgan fingerprint density at radius 3 is 2.07 bits per heavy atom. The number of sulfone groups is 1. The predicted octanol–water partition coefficient (Wildman–Crippen LogP) is 3.44. The van der Waals surface area contributed by atoms with Crippen LogP contribution in [0.5, 0.6) is 0 Å². The lowest BCUT2D eigenvalue weighted by Gasteiger charge is -2.14. The zero-order valence-electron chi connectivity index (χ0n) is 14.6. The Labute approximate surface area is 168 Å². The van der Waals surface area contributed by atoms with E-state index >= 15 is 0 Å². The zero-order chi connectivity index (χ0) is 19.8. The highest BCUT2D eigenvalue weighted by Gasteiger charge is 2.75. The minimum atomic E-state index is -3.85. The summed E-state index contributed by atoms with van der Waals surface area (Å²) in [5.41, 5.74) is 5.28. The van der Waals surface area contributed by atoms with Gasteiger partial charge in [0.05, 0.1) is 16.8 Å². The van der Waals surface area contributed by atoms with E-state index in [0.29, 0.717) is 15.6 Å². The fourth-order valence-electron chi connectivity index (χ4n) is 3.61. The smallest absolute Gasteiger partial charge is 0.315 e. The molecule has 27 heavy (non-hydrogen) atoms. The van der Waals surface area contributed by atoms with Crippen molar-refractivity contribution in [2.24, 2.45) is 11.1 Å². The third-order valence-electron chi connectivity index (χ3n) is 4.96. The molecule has 1 aliphatic carbocycles. The molecule has 0 aromatic heterocycles. The summed E-state index contributed by atoms with van der Waals surface area (Å²) in [6, 6.07) is 12.6. The van der Waals surface area contributed by atoms with Crippen LogP contribution in [0.15, 0.2) is 53.4 Å². The van der Waals surface area contributed by atoms with E-state index in [2.05, 4.69) is 0 Å². The maximum Gasteiger partial charge on any atom is 0.315 e. The molecule has 0 unspecified atom stereocenters. The van der Waals surface area contributed by atoms with Gasteiger partial charge in [-0.05, 0) is 48.9 Å². The van der Waals surface area contributed by atoms with Crippen molar-refractivity contribution in [3.63, 3.8) is 0 Å². The number of esters is 1. The number of ether oxygens (including phenoxy) is 1. The summed E-state index contributed by atoms with van der Waals surface area (Å²) in [7, 11) is -3.85. The second-order valence-electron chi connectivity index (χ2n) is 6.41. The monoisotopic (exact) mass is 427 g/mol. The molecule has 2 N–H and O–H groups in total. The van der Waals surface area contributed by atoms with Crippen molar-refractivity contribution in [1.82, 2.24) is 0 Å². The minimum Gasteiger partial charge on any atom is -0.465 e. The van der Waals surface area contributed by atoms with Gasteiger partial charge in [0.1, 0.15) is 5.41 Å². The summed E-state index contributed by atoms with van der Waals surface area (Å²) in [6.07, 6.45) is 0. The number of halogens is 2. The largest absolute Gasteiger partial charge is 0.465 e. The third kappa shape index (κ3) is 3.36. The van der Waals surface area contributed by atoms with Crippen molar-refractivity contribution >= 4 is 39.0 Å². The van der Waals surface area contributed by atoms with Gasteiger partial charge >= 0.3 is 5.97 Å². The molecule has 3 atom stereocenters. The average molecular weight is 428 g/mol. The molecule has 0 aliphatic heterocycles. The summed E-state index contributed by atoms with van der Waals surface area (Å²) in [5.74, 6) is -1.21. The standard InChI is InChI=1S/C19H19Cl2NO4S/c1-2-26-18(23)19(11-22)16(12-3-5-13(20)6-4-12)17(19)27(24,25)15-9-7-14(21)8-10-15/h3-10,16-17H,2,11,22H2,1H3/t16-,17-,19-/m0/s1. The molecule has 1 fully saturated rings. The van der Waals surface area contributed by atoms with Crippen LogP contribution in [0.3, 0.4) is 0 Å². The van der Waals surface area contributed by atoms with E-state index in [1.54, 1.807) is 31.2 Å². The number of carbonyl (C=O) groups excluding carboxylic acids is 1. The highest BCUT2D eigenvalue weighted by Crippen LogP contribution is 2.64. The lowest BCUT2D eigenvalue weighted by atomic mass is 9.99. The van der Waals surface area contributed by atoms with Gasteiger partial charge in [0.15, 0.2) is 9.84 Å². The van der Waals surface area contributed by atoms with Gasteiger partial charge in [-0.15, -0.1) is 0 Å². The van der Waals surface area contributed by atoms with E-state index in [4.69, 9.17) is 33.7 Å². The summed E-state index contributed by atoms with van der Waals surface area (Å²) >= 11 is 11.8. The van der Waals surface area contributed by atoms with Crippen LogP contribution in [0.25, 0.3) is 0 Å². The van der Waals surface area contributed by atoms with E-state index in [1.807, 2.05) is 0 Å². The van der Waals surface area contributed by atoms with Gasteiger partial charge in [0, 0.05) is 22.5 Å². The first-order valence-electron chi connectivity index (χ1n) is 8.41. The maximum absolute atomic E-state index is 13.3. The first-order valence-corrected chi connectivity index (χ1v) is 10.7. The predicted molar refractivity (Wildman–Crippen MR) is 105 cm³/mol. The van der Waals surface area contributed by atoms with E-state index in [0.717, 1.165) is 0 Å². The van der Waals surface area contributed by atoms with Gasteiger partial charge < -0.3 is 10.5 Å². The van der Waals surface area contributed by atoms with Crippen LogP contribution in [-0.2, 0) is 19.4 Å². The number of hydrogen-bond donors (Lipinski definition) is 1. The van der Waals surface area contributed by atoms with Gasteiger partial charge in [-0.2, -0.15) is 0 Å². The molecule has 5 nitrogen and oxygen atoms in total. The van der Waals surface area contributed by atoms with Crippen LogP contribution >= 0.6 is 23.2 Å². The van der Waals surface area contributed by atoms with Crippen molar-refractivity contribution in [2.75, 3.05) is 13.2 Å². The van der Waals surface area contributed by atoms with Crippen LogP contribution < -0.4 is 5.73 Å². The second-order valence-corrected chi connectivity index (χ2v) is 9.36. The molecule has 3 rings (SSSR count). The molecule has 0 heterocycles. The van der Waals surface area contributed by atoms with Crippen LogP contribution in [0.1, 0.15) is 18.4 Å². The summed E-state index contributed by atoms with van der Waals surface area (Å²) in [4.78, 5) is 12.8. The van der Waals surface area contributed by atoms with E-state index in [9.17, 15) is 13.2 Å². The Balaban J connectivity index is 2.10. The minimum absolute atomic E-state index is 0.0930. The molecule has 8 heteroatoms. The van der Waals surface area contributed by atoms with E-state index in [1.165, 1.54) is 24.3 Å². The molecule has 0 radical (unpaired) electrons. The van der Waals surface area contributed by atoms with Crippen molar-refractivity contribution in [3.8, 4) is 0 Å². The lowest BCUT2D eigenvalue weighted by Crippen LogP contribution is -2.33. The van der Waals surface area contributed by atoms with Gasteiger partial charge in [-0.1, -0.05) is 35.3 Å². The Morgan fingerprint density at radius 2 is 1.59 bits per heavy atom. The molecule has 1 aliphatic rings. The number of carbonyl (C=O) groups is 1. The molecule has 0 saturated heterocycles. The fraction of sp³-hybridized carbons (Fsp3) is 0.316. The van der Waals surface area contributed by atoms with Gasteiger partial charge in [0.25, 0.3) is 0 Å². The molecule has 0 amide bonds. The SMILES string of the molecule is CCOC(=O)[C@@]1(CN)[C@@H](c2ccc(Cl)cc2)[C@@H]1S(=O)(=O)c1ccc(Cl)cc1. The Morgan fingerprint density at radius 1 is 1.07 bits per heavy atom. The molecule has 0 spiro atoms. The average Bonchev–Trinajstić information content (AvgIpc) is 3.34. The normalized spacial score (nSPS) is 24.4. The zero-order valence-corrected chi connectivity index (χ0v) is 16.9. The molecule has 144 valence electrons. The van der Waals surface area contributed by atoms with Crippen LogP contribution in [0.2, 0.25) is 10.0 Å². The van der Waals surface area contributed by atoms with Gasteiger partial charge in [-0.3, -0.25) is 4.79 Å². The third-order valence-corrected chi connectivity index (χ3v) is 7.75. The highest BCUT2D eigenvalue weighted by molar-refractivity contribution is 7.92. The number of benzene rings is 2. The molecule has 2 aromatic carbocycles. The summed E-state index contributed by atoms with van der Waals surface area (Å²) in [5, 5.41) is -0.0723. The Bertz CT molecular complexity index is 945. The molecular weight excluding hydrogens is 409 g/mol. The lowest BCUT2D eigenvalue weighted by molar-refractivity contribution is -0.149. The molecule has 0 bridgehead atoms. The molecule has 1 saturated carbocycles. The van der Waals surface area contributed by atoms with Crippen molar-refractivity contribution in [3.05, 3.63) is 64.1 Å². The number of rotatable bonds is 6. The first kappa shape index (κ1) is 20.1. The fourth-order valence-corrected chi connectivity index (χ4v) is 6.24. The van der Waals surface area contributed by atoms with Gasteiger partial charge in [-0.25, -0.2) is 8.42 Å². The second kappa shape index (κ2) is 7.43. The molecular formula is C19H19Cl2NO4S. The van der Waals surface area contributed by atoms with E-state index in [-0.39, 0.29) is 18.0 Å². The maximum atomic E-state index is 13.3. The van der Waals surface area contributed by atoms with Crippen LogP contribution in [-0.4, -0.2) is 32.8 Å². The summed E-state index contributed by atoms with van der Waals surface area (Å²) < 4.78 is 31.8. The Kier molecular flexibility index (Phi) is 5.54. The van der Waals surface area contributed by atoms with Crippen LogP contribution in [0, 0.1) is 5.41 Å². The first-order chi connectivity index (χ1) is 12.8. The van der Waals surface area contributed by atoms with E-state index < -0.39 is 32.4 Å². The van der Waals surface area contributed by atoms with Crippen LogP contribution in [0.4, 0.5) is 0 Å². The summed E-state index contributed by atoms with van der Waals surface area (Å²) in [6.45, 7) is 1.67.